The molecule has 0 atom stereocenters. The van der Waals surface area contributed by atoms with Gasteiger partial charge in [0.05, 0.1) is 18.4 Å². The van der Waals surface area contributed by atoms with E-state index in [1.54, 1.807) is 35.3 Å². The molecule has 12 nitrogen and oxygen atoms in total. The first-order valence-electron chi connectivity index (χ1n) is 34.8. The van der Waals surface area contributed by atoms with Crippen LogP contribution in [-0.4, -0.2) is 58.8 Å². The fraction of sp³-hybridized carbons (Fsp3) is 0.0562. The Hall–Kier alpha value is -10.9. The number of rotatable bonds is 19. The molecule has 2 N–H and O–H groups in total. The SMILES string of the molecule is BrCc1ncn(C(c2ccccc2)(c2ccccc2)c2ccccc2)n1.Clc1ccc(Sc2cccc3[nH]ccc23)cc1.Clc1ccc(Sc2cccc3c2ccn3Cc2ncn(C(c3ccccc3)(c3ccccc3)c3ccccc3)n2)cc1.Clc1ccc(Sc2cccc3c2ccn3Cc2ncn[nH]2)cc1. The third kappa shape index (κ3) is 16.2. The van der Waals surface area contributed by atoms with E-state index in [2.05, 4.69) is 293 Å². The summed E-state index contributed by atoms with van der Waals surface area (Å²) in [7, 11) is 0. The van der Waals surface area contributed by atoms with Crippen molar-refractivity contribution < 1.29 is 0 Å². The van der Waals surface area contributed by atoms with E-state index in [-0.39, 0.29) is 0 Å². The zero-order valence-corrected chi connectivity index (χ0v) is 64.3. The highest BCUT2D eigenvalue weighted by Gasteiger charge is 2.41. The minimum Gasteiger partial charge on any atom is -0.361 e. The molecule has 530 valence electrons. The molecule has 0 aliphatic carbocycles. The molecule has 19 heteroatoms. The van der Waals surface area contributed by atoms with Gasteiger partial charge in [0.15, 0.2) is 11.6 Å². The minimum atomic E-state index is -0.684. The second-order valence-corrected chi connectivity index (χ2v) is 30.2. The second kappa shape index (κ2) is 34.3. The molecule has 0 unspecified atom stereocenters. The molecule has 6 aromatic heterocycles. The smallest absolute Gasteiger partial charge is 0.170 e. The Labute approximate surface area is 662 Å². The molecule has 6 heterocycles. The van der Waals surface area contributed by atoms with E-state index in [4.69, 9.17) is 50.0 Å². The van der Waals surface area contributed by atoms with E-state index < -0.39 is 11.1 Å². The molecule has 0 saturated carbocycles. The monoisotopic (exact) mass is 1580 g/mol. The minimum absolute atomic E-state index is 0.556. The van der Waals surface area contributed by atoms with Crippen molar-refractivity contribution in [1.29, 1.82) is 0 Å². The summed E-state index contributed by atoms with van der Waals surface area (Å²) in [6, 6.07) is 112. The van der Waals surface area contributed by atoms with Gasteiger partial charge in [0.1, 0.15) is 35.9 Å². The van der Waals surface area contributed by atoms with Crippen molar-refractivity contribution in [3.63, 3.8) is 0 Å². The van der Waals surface area contributed by atoms with Crippen LogP contribution in [0, 0.1) is 0 Å². The third-order valence-electron chi connectivity index (χ3n) is 18.4. The highest BCUT2D eigenvalue weighted by molar-refractivity contribution is 9.08. The lowest BCUT2D eigenvalue weighted by Crippen LogP contribution is -2.38. The predicted molar refractivity (Wildman–Crippen MR) is 445 cm³/mol. The maximum Gasteiger partial charge on any atom is 0.170 e. The van der Waals surface area contributed by atoms with Crippen LogP contribution in [-0.2, 0) is 29.5 Å². The molecular formula is C89H68BrCl3N12S3. The second-order valence-electron chi connectivity index (χ2n) is 25.0. The highest BCUT2D eigenvalue weighted by Crippen LogP contribution is 2.43. The van der Waals surface area contributed by atoms with Crippen LogP contribution >= 0.6 is 86.0 Å². The molecular weight excluding hydrogens is 1520 g/mol. The van der Waals surface area contributed by atoms with Gasteiger partial charge in [-0.25, -0.2) is 24.3 Å². The van der Waals surface area contributed by atoms with Gasteiger partial charge in [-0.15, -0.1) is 0 Å². The van der Waals surface area contributed by atoms with Gasteiger partial charge in [-0.3, -0.25) is 5.10 Å². The van der Waals surface area contributed by atoms with Gasteiger partial charge in [0.25, 0.3) is 0 Å². The number of halogens is 4. The maximum atomic E-state index is 6.10. The van der Waals surface area contributed by atoms with E-state index in [9.17, 15) is 0 Å². The largest absolute Gasteiger partial charge is 0.361 e. The van der Waals surface area contributed by atoms with Gasteiger partial charge in [0, 0.05) is 95.7 Å². The predicted octanol–water partition coefficient (Wildman–Crippen LogP) is 23.5. The molecule has 0 radical (unpaired) electrons. The maximum absolute atomic E-state index is 6.10. The van der Waals surface area contributed by atoms with Crippen molar-refractivity contribution in [3.05, 3.63) is 431 Å². The van der Waals surface area contributed by atoms with Crippen LogP contribution in [0.15, 0.2) is 395 Å². The Morgan fingerprint density at radius 3 is 1.08 bits per heavy atom. The van der Waals surface area contributed by atoms with Crippen molar-refractivity contribution in [1.82, 2.24) is 58.8 Å². The van der Waals surface area contributed by atoms with Crippen LogP contribution in [0.25, 0.3) is 32.7 Å². The Balaban J connectivity index is 0.000000122. The fourth-order valence-corrected chi connectivity index (χ4v) is 16.9. The van der Waals surface area contributed by atoms with Crippen LogP contribution in [0.5, 0.6) is 0 Å². The van der Waals surface area contributed by atoms with Gasteiger partial charge in [-0.05, 0) is 161 Å². The molecule has 18 rings (SSSR count). The number of nitrogens with one attached hydrogen (secondary N) is 2. The number of nitrogens with zero attached hydrogens (tertiary/aromatic N) is 10. The molecule has 0 spiro atoms. The summed E-state index contributed by atoms with van der Waals surface area (Å²) >= 11 is 26.6. The lowest BCUT2D eigenvalue weighted by Gasteiger charge is -2.35. The van der Waals surface area contributed by atoms with Crippen LogP contribution in [0.3, 0.4) is 0 Å². The molecule has 0 saturated heterocycles. The van der Waals surface area contributed by atoms with Gasteiger partial charge in [0.2, 0.25) is 0 Å². The number of aromatic amines is 2. The Morgan fingerprint density at radius 2 is 0.713 bits per heavy atom. The van der Waals surface area contributed by atoms with Gasteiger partial charge in [-0.1, -0.05) is 286 Å². The van der Waals surface area contributed by atoms with Crippen molar-refractivity contribution >= 4 is 119 Å². The molecule has 108 heavy (non-hydrogen) atoms. The number of H-pyrrole nitrogens is 2. The van der Waals surface area contributed by atoms with Crippen molar-refractivity contribution in [3.8, 4) is 0 Å². The lowest BCUT2D eigenvalue weighted by atomic mass is 9.77. The Morgan fingerprint density at radius 1 is 0.352 bits per heavy atom. The van der Waals surface area contributed by atoms with Crippen LogP contribution in [0.4, 0.5) is 0 Å². The van der Waals surface area contributed by atoms with E-state index in [0.29, 0.717) is 18.4 Å². The van der Waals surface area contributed by atoms with E-state index in [0.717, 1.165) is 76.3 Å². The fourth-order valence-electron chi connectivity index (χ4n) is 13.4. The lowest BCUT2D eigenvalue weighted by molar-refractivity contribution is 0.454. The van der Waals surface area contributed by atoms with Crippen molar-refractivity contribution in [2.24, 2.45) is 0 Å². The molecule has 0 aliphatic heterocycles. The van der Waals surface area contributed by atoms with Crippen molar-refractivity contribution in [2.45, 2.75) is 58.9 Å². The molecule has 0 aliphatic rings. The Bertz CT molecular complexity index is 5680. The van der Waals surface area contributed by atoms with Crippen molar-refractivity contribution in [2.75, 3.05) is 0 Å². The van der Waals surface area contributed by atoms with Gasteiger partial charge < -0.3 is 14.1 Å². The number of hydrogen-bond donors (Lipinski definition) is 2. The standard InChI is InChI=1S/C36H27ClN4S.C22H18BrN3.C17H13ClN4S.C14H10ClNS/c37-30-19-21-31(22-20-30)42-34-18-10-17-33-32(34)23-24-40(33)25-35-38-26-41(39-35)36(27-11-4-1-5-12-27,28-13-6-2-7-14-28)29-15-8-3-9-16-29;23-16-21-24-17-26(25-21)22(18-10-4-1-5-11-18,19-12-6-2-7-13-19)20-14-8-3-9-15-20;18-12-4-6-13(7-5-12)23-16-3-1-2-15-14(16)8-9-22(15)10-17-19-11-20-21-17;15-10-4-6-11(7-5-10)17-14-3-1-2-13-12(14)8-9-16-13/h1-24,26H,25H2;1-15,17H,16H2;1-9,11H,10H2,(H,19,20,21);1-9,16H. The van der Waals surface area contributed by atoms with Gasteiger partial charge in [-0.2, -0.15) is 15.3 Å². The number of aromatic nitrogens is 12. The summed E-state index contributed by atoms with van der Waals surface area (Å²) < 4.78 is 8.39. The first-order valence-corrected chi connectivity index (χ1v) is 39.5. The third-order valence-corrected chi connectivity index (χ3v) is 22.9. The quantitative estimate of drug-likeness (QED) is 0.0601. The normalized spacial score (nSPS) is 11.4. The molecule has 0 amide bonds. The first kappa shape index (κ1) is 72.6. The van der Waals surface area contributed by atoms with Crippen LogP contribution in [0.2, 0.25) is 15.1 Å². The number of benzene rings is 12. The highest BCUT2D eigenvalue weighted by atomic mass is 79.9. The molecule has 18 aromatic rings. The summed E-state index contributed by atoms with van der Waals surface area (Å²) in [6.07, 6.45) is 11.4. The molecule has 12 aromatic carbocycles. The van der Waals surface area contributed by atoms with Crippen LogP contribution < -0.4 is 0 Å². The summed E-state index contributed by atoms with van der Waals surface area (Å²) in [4.78, 5) is 23.9. The average molecular weight is 1590 g/mol. The summed E-state index contributed by atoms with van der Waals surface area (Å²) in [5, 5.41) is 23.3. The summed E-state index contributed by atoms with van der Waals surface area (Å²) in [6.45, 7) is 1.23. The summed E-state index contributed by atoms with van der Waals surface area (Å²) in [5.41, 5.74) is 9.01. The van der Waals surface area contributed by atoms with Gasteiger partial charge >= 0.3 is 0 Å². The Kier molecular flexibility index (Phi) is 23.1. The topological polar surface area (TPSA) is 129 Å². The zero-order chi connectivity index (χ0) is 73.5. The first-order chi connectivity index (χ1) is 53.2. The average Bonchev–Trinajstić information content (AvgIpc) is 1.26. The molecule has 0 bridgehead atoms. The summed E-state index contributed by atoms with van der Waals surface area (Å²) in [5.74, 6) is 2.35. The van der Waals surface area contributed by atoms with E-state index in [1.807, 2.05) is 125 Å². The number of fused-ring (bicyclic) bond motifs is 3. The molecule has 0 fully saturated rings. The van der Waals surface area contributed by atoms with E-state index >= 15 is 0 Å². The van der Waals surface area contributed by atoms with Crippen LogP contribution in [0.1, 0.15) is 50.9 Å². The number of hydrogen-bond acceptors (Lipinski definition) is 9. The van der Waals surface area contributed by atoms with E-state index in [1.165, 1.54) is 58.0 Å². The number of alkyl halides is 1. The zero-order valence-electron chi connectivity index (χ0n) is 58.0.